The van der Waals surface area contributed by atoms with Crippen LogP contribution in [0, 0.1) is 11.6 Å². The number of methoxy groups -OCH3 is 1. The van der Waals surface area contributed by atoms with Gasteiger partial charge in [-0.3, -0.25) is 19.5 Å². The number of fused-ring (bicyclic) bond motifs is 1. The maximum atomic E-state index is 15.3. The fraction of sp³-hybridized carbons (Fsp3) is 0.400. The van der Waals surface area contributed by atoms with Crippen LogP contribution in [0.15, 0.2) is 41.1 Å². The van der Waals surface area contributed by atoms with Crippen molar-refractivity contribution in [2.24, 2.45) is 11.6 Å². The molecule has 3 aliphatic rings. The van der Waals surface area contributed by atoms with Crippen molar-refractivity contribution < 1.29 is 37.1 Å². The summed E-state index contributed by atoms with van der Waals surface area (Å²) in [6.07, 6.45) is 1.25. The molecule has 16 heteroatoms. The molecule has 3 amide bonds. The maximum Gasteiger partial charge on any atom is 0.414 e. The van der Waals surface area contributed by atoms with Gasteiger partial charge in [0.25, 0.3) is 17.8 Å². The number of furan rings is 1. The van der Waals surface area contributed by atoms with E-state index in [9.17, 15) is 14.4 Å². The Labute approximate surface area is 233 Å². The molecule has 0 saturated carbocycles. The number of hydrogen-bond donors (Lipinski definition) is 3. The van der Waals surface area contributed by atoms with Crippen LogP contribution in [0.25, 0.3) is 0 Å². The number of carbonyl (C=O) groups excluding carboxylic acids is 3. The van der Waals surface area contributed by atoms with Gasteiger partial charge in [-0.1, -0.05) is 0 Å². The summed E-state index contributed by atoms with van der Waals surface area (Å²) in [7, 11) is 1.41. The van der Waals surface area contributed by atoms with E-state index in [0.29, 0.717) is 0 Å². The highest BCUT2D eigenvalue weighted by Gasteiger charge is 2.41. The molecule has 3 aliphatic heterocycles. The number of hydrogen-bond acceptors (Lipinski definition) is 11. The highest BCUT2D eigenvalue weighted by atomic mass is 19.1. The van der Waals surface area contributed by atoms with Gasteiger partial charge in [0.15, 0.2) is 17.4 Å². The van der Waals surface area contributed by atoms with E-state index in [2.05, 4.69) is 5.32 Å². The molecule has 0 spiro atoms. The smallest absolute Gasteiger partial charge is 0.414 e. The quantitative estimate of drug-likeness (QED) is 0.290. The van der Waals surface area contributed by atoms with E-state index in [-0.39, 0.29) is 74.8 Å². The number of nitrogens with one attached hydrogen (secondary N) is 1. The molecule has 1 aromatic carbocycles. The first-order valence-electron chi connectivity index (χ1n) is 12.8. The van der Waals surface area contributed by atoms with Crippen molar-refractivity contribution in [2.45, 2.75) is 12.1 Å². The minimum Gasteiger partial charge on any atom is -0.468 e. The van der Waals surface area contributed by atoms with E-state index in [0.717, 1.165) is 17.0 Å². The Morgan fingerprint density at radius 1 is 1.17 bits per heavy atom. The standard InChI is InChI=1S/C25H30F2N8O6/c1-39-21-3-2-20(41-21)23(36)30-19-14-33-8-6-31(7-9-35(33)24(19)37)22-17(26)10-15(11-18(22)27)34-13-16(40-25(34)38)12-32(29)5-4-28/h2-5,10-11,16,19H,6-9,12-14,28-29H2,1H3,(H,30,36)/b5-4-/t16?,19-/m0/s1. The largest absolute Gasteiger partial charge is 0.468 e. The highest BCUT2D eigenvalue weighted by molar-refractivity contribution is 5.96. The van der Waals surface area contributed by atoms with Crippen molar-refractivity contribution in [3.05, 3.63) is 54.1 Å². The van der Waals surface area contributed by atoms with E-state index < -0.39 is 35.8 Å². The molecule has 1 unspecified atom stereocenters. The van der Waals surface area contributed by atoms with Crippen LogP contribution in [0.3, 0.4) is 0 Å². The monoisotopic (exact) mass is 576 g/mol. The molecule has 2 atom stereocenters. The molecule has 41 heavy (non-hydrogen) atoms. The van der Waals surface area contributed by atoms with Crippen molar-refractivity contribution in [2.75, 3.05) is 62.7 Å². The molecule has 0 radical (unpaired) electrons. The zero-order valence-corrected chi connectivity index (χ0v) is 22.2. The van der Waals surface area contributed by atoms with Crippen molar-refractivity contribution >= 4 is 29.3 Å². The lowest BCUT2D eigenvalue weighted by Crippen LogP contribution is -2.44. The molecule has 4 heterocycles. The summed E-state index contributed by atoms with van der Waals surface area (Å²) in [6, 6.07) is 4.28. The highest BCUT2D eigenvalue weighted by Crippen LogP contribution is 2.32. The van der Waals surface area contributed by atoms with Crippen molar-refractivity contribution in [1.29, 1.82) is 0 Å². The van der Waals surface area contributed by atoms with E-state index in [4.69, 9.17) is 25.5 Å². The number of hydrazine groups is 2. The van der Waals surface area contributed by atoms with Gasteiger partial charge in [-0.15, -0.1) is 0 Å². The van der Waals surface area contributed by atoms with Gasteiger partial charge in [0, 0.05) is 56.8 Å². The Bertz CT molecular complexity index is 1330. The first-order chi connectivity index (χ1) is 19.7. The summed E-state index contributed by atoms with van der Waals surface area (Å²) < 4.78 is 46.0. The average Bonchev–Trinajstić information content (AvgIpc) is 3.58. The van der Waals surface area contributed by atoms with Gasteiger partial charge in [0.2, 0.25) is 0 Å². The fourth-order valence-electron chi connectivity index (χ4n) is 5.09. The maximum absolute atomic E-state index is 15.3. The second-order valence-corrected chi connectivity index (χ2v) is 9.62. The zero-order chi connectivity index (χ0) is 29.3. The zero-order valence-electron chi connectivity index (χ0n) is 22.2. The number of benzene rings is 1. The summed E-state index contributed by atoms with van der Waals surface area (Å²) in [6.45, 7) is 1.15. The second-order valence-electron chi connectivity index (χ2n) is 9.62. The van der Waals surface area contributed by atoms with Gasteiger partial charge in [-0.25, -0.2) is 24.4 Å². The third-order valence-corrected chi connectivity index (χ3v) is 7.00. The third-order valence-electron chi connectivity index (χ3n) is 7.00. The van der Waals surface area contributed by atoms with Crippen molar-refractivity contribution in [1.82, 2.24) is 20.3 Å². The predicted molar refractivity (Wildman–Crippen MR) is 140 cm³/mol. The van der Waals surface area contributed by atoms with Crippen molar-refractivity contribution in [3.63, 3.8) is 0 Å². The number of nitrogens with zero attached hydrogens (tertiary/aromatic N) is 5. The van der Waals surface area contributed by atoms with Crippen LogP contribution in [0.1, 0.15) is 10.6 Å². The number of rotatable bonds is 8. The number of cyclic esters (lactones) is 1. The molecule has 14 nitrogen and oxygen atoms in total. The molecular weight excluding hydrogens is 546 g/mol. The van der Waals surface area contributed by atoms with Crippen LogP contribution >= 0.6 is 0 Å². The first-order valence-corrected chi connectivity index (χ1v) is 12.8. The molecule has 5 rings (SSSR count). The minimum atomic E-state index is -0.856. The summed E-state index contributed by atoms with van der Waals surface area (Å²) in [5, 5.41) is 7.11. The SMILES string of the molecule is COc1ccc(C(=O)N[C@H]2CN3CCN(c4c(F)cc(N5CC(CN(N)/C=C\N)OC5=O)cc4F)CCN3C2=O)o1. The average molecular weight is 577 g/mol. The lowest BCUT2D eigenvalue weighted by Gasteiger charge is -2.25. The Morgan fingerprint density at radius 3 is 2.59 bits per heavy atom. The molecule has 3 fully saturated rings. The topological polar surface area (TPSA) is 163 Å². The van der Waals surface area contributed by atoms with Gasteiger partial charge in [0.05, 0.1) is 32.4 Å². The molecule has 2 aromatic rings. The van der Waals surface area contributed by atoms with E-state index in [1.807, 2.05) is 0 Å². The van der Waals surface area contributed by atoms with Crippen LogP contribution in [0.5, 0.6) is 5.95 Å². The molecular formula is C25H30F2N8O6. The number of carbonyl (C=O) groups is 3. The minimum absolute atomic E-state index is 0.00938. The van der Waals surface area contributed by atoms with Gasteiger partial charge >= 0.3 is 6.09 Å². The summed E-state index contributed by atoms with van der Waals surface area (Å²) in [5.74, 6) is 3.30. The van der Waals surface area contributed by atoms with Crippen LogP contribution in [0.2, 0.25) is 0 Å². The Balaban J connectivity index is 1.22. The van der Waals surface area contributed by atoms with Crippen LogP contribution in [-0.4, -0.2) is 98.0 Å². The van der Waals surface area contributed by atoms with Gasteiger partial charge in [0.1, 0.15) is 17.8 Å². The van der Waals surface area contributed by atoms with Crippen LogP contribution in [0.4, 0.5) is 25.0 Å². The van der Waals surface area contributed by atoms with E-state index in [1.165, 1.54) is 46.6 Å². The Kier molecular flexibility index (Phi) is 7.85. The number of anilines is 2. The Morgan fingerprint density at radius 2 is 1.90 bits per heavy atom. The van der Waals surface area contributed by atoms with Gasteiger partial charge in [-0.2, -0.15) is 0 Å². The molecule has 1 aromatic heterocycles. The lowest BCUT2D eigenvalue weighted by atomic mass is 10.2. The molecule has 0 bridgehead atoms. The number of amides is 3. The van der Waals surface area contributed by atoms with E-state index >= 15 is 8.78 Å². The van der Waals surface area contributed by atoms with E-state index in [1.54, 1.807) is 5.01 Å². The van der Waals surface area contributed by atoms with Crippen LogP contribution < -0.4 is 31.4 Å². The normalized spacial score (nSPS) is 21.3. The van der Waals surface area contributed by atoms with Crippen molar-refractivity contribution in [3.8, 4) is 5.95 Å². The molecule has 3 saturated heterocycles. The number of halogens is 2. The third kappa shape index (κ3) is 5.69. The summed E-state index contributed by atoms with van der Waals surface area (Å²) >= 11 is 0. The number of nitrogens with two attached hydrogens (primary N) is 2. The molecule has 0 aliphatic carbocycles. The fourth-order valence-corrected chi connectivity index (χ4v) is 5.09. The Hall–Kier alpha value is -4.57. The lowest BCUT2D eigenvalue weighted by molar-refractivity contribution is -0.137. The number of ether oxygens (including phenoxy) is 2. The van der Waals surface area contributed by atoms with Crippen LogP contribution in [-0.2, 0) is 9.53 Å². The molecule has 220 valence electrons. The summed E-state index contributed by atoms with van der Waals surface area (Å²) in [4.78, 5) is 40.6. The predicted octanol–water partition coefficient (Wildman–Crippen LogP) is 0.175. The molecule has 5 N–H and O–H groups in total. The van der Waals surface area contributed by atoms with Gasteiger partial charge < -0.3 is 34.9 Å². The van der Waals surface area contributed by atoms with Gasteiger partial charge in [-0.05, 0) is 6.07 Å². The second kappa shape index (κ2) is 11.5. The summed E-state index contributed by atoms with van der Waals surface area (Å²) in [5.41, 5.74) is 5.05. The first kappa shape index (κ1) is 28.0.